The van der Waals surface area contributed by atoms with Gasteiger partial charge in [0.2, 0.25) is 0 Å². The van der Waals surface area contributed by atoms with Gasteiger partial charge in [0.1, 0.15) is 22.5 Å². The van der Waals surface area contributed by atoms with E-state index in [1.54, 1.807) is 49.4 Å². The van der Waals surface area contributed by atoms with Gasteiger partial charge in [0.05, 0.1) is 29.5 Å². The maximum Gasteiger partial charge on any atom is 0.280 e. The maximum atomic E-state index is 13.2. The third kappa shape index (κ3) is 6.10. The minimum Gasteiger partial charge on any atom is -0.496 e. The number of methoxy groups -OCH3 is 1. The average Bonchev–Trinajstić information content (AvgIpc) is 2.82. The lowest BCUT2D eigenvalue weighted by atomic mass is 10.1. The van der Waals surface area contributed by atoms with E-state index in [9.17, 15) is 18.8 Å². The first kappa shape index (κ1) is 25.1. The van der Waals surface area contributed by atoms with Crippen LogP contribution in [0, 0.1) is 18.3 Å². The number of aromatic nitrogens is 1. The van der Waals surface area contributed by atoms with Crippen LogP contribution in [0.1, 0.15) is 44.7 Å². The molecule has 174 valence electrons. The van der Waals surface area contributed by atoms with Crippen LogP contribution in [0.15, 0.2) is 58.7 Å². The zero-order valence-electron chi connectivity index (χ0n) is 18.2. The first-order valence-electron chi connectivity index (χ1n) is 9.91. The number of amides is 1. The number of hydrogen-bond acceptors (Lipinski definition) is 6. The Labute approximate surface area is 204 Å². The van der Waals surface area contributed by atoms with Crippen molar-refractivity contribution in [1.82, 2.24) is 10.4 Å². The second kappa shape index (κ2) is 11.6. The topological polar surface area (TPSA) is 87.4 Å². The Hall–Kier alpha value is -3.48. The molecular formula is C24H19ClF2N4O2S. The molecule has 0 aliphatic rings. The molecule has 3 rings (SSSR count). The Morgan fingerprint density at radius 3 is 2.76 bits per heavy atom. The molecular weight excluding hydrogens is 482 g/mol. The van der Waals surface area contributed by atoms with Gasteiger partial charge < -0.3 is 4.74 Å². The highest BCUT2D eigenvalue weighted by atomic mass is 35.5. The van der Waals surface area contributed by atoms with Gasteiger partial charge in [-0.3, -0.25) is 4.79 Å². The number of nitrogens with one attached hydrogen (secondary N) is 1. The van der Waals surface area contributed by atoms with E-state index < -0.39 is 12.3 Å². The Kier molecular flexibility index (Phi) is 8.57. The fourth-order valence-electron chi connectivity index (χ4n) is 3.03. The molecule has 3 aromatic rings. The molecule has 0 saturated heterocycles. The monoisotopic (exact) mass is 500 g/mol. The van der Waals surface area contributed by atoms with Crippen molar-refractivity contribution in [2.75, 3.05) is 7.11 Å². The molecule has 0 aliphatic carbocycles. The van der Waals surface area contributed by atoms with Crippen LogP contribution in [-0.4, -0.2) is 24.2 Å². The molecule has 10 heteroatoms. The standard InChI is InChI=1S/C24H19ClF2N4O2S/c1-14-9-20(22(26)27)30-24(18(14)11-28)34-13-16-10-15(7-8-21(16)33-2)12-29-31-23(32)17-5-3-4-6-19(17)25/h3-10,12,22H,13H2,1-2H3,(H,31,32). The minimum atomic E-state index is -2.74. The number of hydrazone groups is 1. The van der Waals surface area contributed by atoms with Crippen molar-refractivity contribution in [2.45, 2.75) is 24.1 Å². The summed E-state index contributed by atoms with van der Waals surface area (Å²) in [6.45, 7) is 1.60. The SMILES string of the molecule is COc1ccc(C=NNC(=O)c2ccccc2Cl)cc1CSc1nc(C(F)F)cc(C)c1C#N. The maximum absolute atomic E-state index is 13.2. The van der Waals surface area contributed by atoms with Crippen molar-refractivity contribution in [2.24, 2.45) is 5.10 Å². The summed E-state index contributed by atoms with van der Waals surface area (Å²) in [6.07, 6.45) is -1.27. The predicted octanol–water partition coefficient (Wildman–Crippen LogP) is 5.92. The lowest BCUT2D eigenvalue weighted by Crippen LogP contribution is -2.17. The van der Waals surface area contributed by atoms with Crippen molar-refractivity contribution in [3.63, 3.8) is 0 Å². The average molecular weight is 501 g/mol. The molecule has 0 spiro atoms. The predicted molar refractivity (Wildman–Crippen MR) is 128 cm³/mol. The van der Waals surface area contributed by atoms with Gasteiger partial charge in [0, 0.05) is 11.3 Å². The molecule has 1 amide bonds. The third-order valence-electron chi connectivity index (χ3n) is 4.71. The van der Waals surface area contributed by atoms with E-state index >= 15 is 0 Å². The molecule has 0 fully saturated rings. The normalized spacial score (nSPS) is 11.0. The molecule has 2 aromatic carbocycles. The number of carbonyl (C=O) groups is 1. The smallest absolute Gasteiger partial charge is 0.280 e. The minimum absolute atomic E-state index is 0.228. The van der Waals surface area contributed by atoms with E-state index in [0.29, 0.717) is 33.2 Å². The van der Waals surface area contributed by atoms with Crippen LogP contribution >= 0.6 is 23.4 Å². The summed E-state index contributed by atoms with van der Waals surface area (Å²) in [5.41, 5.74) is 4.46. The molecule has 0 saturated carbocycles. The molecule has 34 heavy (non-hydrogen) atoms. The molecule has 6 nitrogen and oxygen atoms in total. The van der Waals surface area contributed by atoms with E-state index in [2.05, 4.69) is 15.5 Å². The van der Waals surface area contributed by atoms with Gasteiger partial charge >= 0.3 is 0 Å². The number of halogens is 3. The van der Waals surface area contributed by atoms with Crippen molar-refractivity contribution >= 4 is 35.5 Å². The summed E-state index contributed by atoms with van der Waals surface area (Å²) in [6, 6.07) is 15.1. The second-order valence-electron chi connectivity index (χ2n) is 7.00. The van der Waals surface area contributed by atoms with Crippen LogP contribution in [0.25, 0.3) is 0 Å². The highest BCUT2D eigenvalue weighted by Crippen LogP contribution is 2.32. The molecule has 1 aromatic heterocycles. The molecule has 0 radical (unpaired) electrons. The Morgan fingerprint density at radius 1 is 1.32 bits per heavy atom. The third-order valence-corrected chi connectivity index (χ3v) is 6.06. The van der Waals surface area contributed by atoms with Crippen LogP contribution in [0.5, 0.6) is 5.75 Å². The Balaban J connectivity index is 1.77. The van der Waals surface area contributed by atoms with Crippen LogP contribution in [0.3, 0.4) is 0 Å². The number of hydrogen-bond donors (Lipinski definition) is 1. The lowest BCUT2D eigenvalue weighted by Gasteiger charge is -2.11. The quantitative estimate of drug-likeness (QED) is 0.236. The number of nitriles is 1. The summed E-state index contributed by atoms with van der Waals surface area (Å²) >= 11 is 7.18. The number of aryl methyl sites for hydroxylation is 1. The van der Waals surface area contributed by atoms with Crippen molar-refractivity contribution in [1.29, 1.82) is 5.26 Å². The zero-order chi connectivity index (χ0) is 24.7. The molecule has 0 atom stereocenters. The molecule has 0 bridgehead atoms. The number of carbonyl (C=O) groups excluding carboxylic acids is 1. The van der Waals surface area contributed by atoms with Gasteiger partial charge in [-0.05, 0) is 54.4 Å². The first-order valence-corrected chi connectivity index (χ1v) is 11.3. The largest absolute Gasteiger partial charge is 0.496 e. The molecule has 1 N–H and O–H groups in total. The summed E-state index contributed by atoms with van der Waals surface area (Å²) in [4.78, 5) is 16.2. The second-order valence-corrected chi connectivity index (χ2v) is 8.37. The first-order chi connectivity index (χ1) is 16.3. The summed E-state index contributed by atoms with van der Waals surface area (Å²) < 4.78 is 31.8. The highest BCUT2D eigenvalue weighted by Gasteiger charge is 2.17. The van der Waals surface area contributed by atoms with Gasteiger partial charge in [-0.2, -0.15) is 10.4 Å². The number of benzene rings is 2. The number of ether oxygens (including phenoxy) is 1. The number of thioether (sulfide) groups is 1. The van der Waals surface area contributed by atoms with Crippen LogP contribution in [-0.2, 0) is 5.75 Å². The Morgan fingerprint density at radius 2 is 2.09 bits per heavy atom. The number of nitrogens with zero attached hydrogens (tertiary/aromatic N) is 3. The fourth-order valence-corrected chi connectivity index (χ4v) is 4.29. The highest BCUT2D eigenvalue weighted by molar-refractivity contribution is 7.98. The van der Waals surface area contributed by atoms with E-state index in [1.807, 2.05) is 6.07 Å². The molecule has 1 heterocycles. The zero-order valence-corrected chi connectivity index (χ0v) is 19.8. The van der Waals surface area contributed by atoms with E-state index in [1.165, 1.54) is 19.4 Å². The van der Waals surface area contributed by atoms with Crippen molar-refractivity contribution in [3.05, 3.63) is 87.1 Å². The van der Waals surface area contributed by atoms with Crippen molar-refractivity contribution in [3.8, 4) is 11.8 Å². The van der Waals surface area contributed by atoms with E-state index in [0.717, 1.165) is 17.3 Å². The van der Waals surface area contributed by atoms with Gasteiger partial charge in [-0.25, -0.2) is 19.2 Å². The summed E-state index contributed by atoms with van der Waals surface area (Å²) in [7, 11) is 1.52. The number of pyridine rings is 1. The molecule has 0 unspecified atom stereocenters. The van der Waals surface area contributed by atoms with Gasteiger partial charge in [-0.1, -0.05) is 23.7 Å². The van der Waals surface area contributed by atoms with Gasteiger partial charge in [0.25, 0.3) is 12.3 Å². The van der Waals surface area contributed by atoms with E-state index in [4.69, 9.17) is 16.3 Å². The number of rotatable bonds is 8. The van der Waals surface area contributed by atoms with Gasteiger partial charge in [-0.15, -0.1) is 11.8 Å². The van der Waals surface area contributed by atoms with Gasteiger partial charge in [0.15, 0.2) is 0 Å². The van der Waals surface area contributed by atoms with Crippen LogP contribution in [0.2, 0.25) is 5.02 Å². The van der Waals surface area contributed by atoms with Crippen LogP contribution < -0.4 is 10.2 Å². The summed E-state index contributed by atoms with van der Waals surface area (Å²) in [5.74, 6) is 0.436. The van der Waals surface area contributed by atoms with Crippen LogP contribution in [0.4, 0.5) is 8.78 Å². The fraction of sp³-hybridized carbons (Fsp3) is 0.167. The lowest BCUT2D eigenvalue weighted by molar-refractivity contribution is 0.0955. The number of alkyl halides is 2. The van der Waals surface area contributed by atoms with E-state index in [-0.39, 0.29) is 16.3 Å². The molecule has 0 aliphatic heterocycles. The Bertz CT molecular complexity index is 1280. The summed E-state index contributed by atoms with van der Waals surface area (Å²) in [5, 5.41) is 14.0. The van der Waals surface area contributed by atoms with Crippen molar-refractivity contribution < 1.29 is 18.3 Å².